The van der Waals surface area contributed by atoms with Crippen molar-refractivity contribution in [2.75, 3.05) is 26.4 Å². The number of hydrogen-bond acceptors (Lipinski definition) is 4. The summed E-state index contributed by atoms with van der Waals surface area (Å²) in [5.41, 5.74) is 0. The molecule has 2 atom stereocenters. The molecule has 0 amide bonds. The number of likely N-dealkylation sites (N-methyl/N-ethyl adjacent to an activating group) is 1. The smallest absolute Gasteiger partial charge is 0.117 e. The van der Waals surface area contributed by atoms with E-state index in [1.54, 1.807) is 6.26 Å². The summed E-state index contributed by atoms with van der Waals surface area (Å²) in [4.78, 5) is 2.38. The number of nitrogens with zero attached hydrogens (tertiary/aromatic N) is 1. The van der Waals surface area contributed by atoms with Gasteiger partial charge in [0.25, 0.3) is 0 Å². The molecule has 1 aliphatic heterocycles. The highest BCUT2D eigenvalue weighted by atomic mass is 32.2. The lowest BCUT2D eigenvalue weighted by molar-refractivity contribution is 0.233. The van der Waals surface area contributed by atoms with Gasteiger partial charge in [0, 0.05) is 24.4 Å². The molecule has 2 unspecified atom stereocenters. The van der Waals surface area contributed by atoms with Crippen LogP contribution < -0.4 is 5.32 Å². The van der Waals surface area contributed by atoms with Gasteiger partial charge >= 0.3 is 0 Å². The van der Waals surface area contributed by atoms with E-state index < -0.39 is 0 Å². The third-order valence-electron chi connectivity index (χ3n) is 2.98. The summed E-state index contributed by atoms with van der Waals surface area (Å²) in [6.07, 6.45) is 3.92. The van der Waals surface area contributed by atoms with Crippen molar-refractivity contribution in [3.63, 3.8) is 0 Å². The second-order valence-electron chi connectivity index (χ2n) is 3.99. The molecule has 4 heteroatoms. The standard InChI is InChI=1S/C11H18N2OS/c1-13(8-9-4-3-5-14-9)10-6-12-7-11(10)15-2/h3-5,10-12H,6-8H2,1-2H3. The Morgan fingerprint density at radius 3 is 3.13 bits per heavy atom. The van der Waals surface area contributed by atoms with Crippen LogP contribution in [0.1, 0.15) is 5.76 Å². The fraction of sp³-hybridized carbons (Fsp3) is 0.636. The SMILES string of the molecule is CSC1CNCC1N(C)Cc1ccco1. The lowest BCUT2D eigenvalue weighted by Crippen LogP contribution is -2.38. The van der Waals surface area contributed by atoms with Gasteiger partial charge in [0.2, 0.25) is 0 Å². The van der Waals surface area contributed by atoms with Crippen LogP contribution in [0, 0.1) is 0 Å². The highest BCUT2D eigenvalue weighted by molar-refractivity contribution is 7.99. The predicted octanol–water partition coefficient (Wildman–Crippen LogP) is 1.41. The first-order valence-corrected chi connectivity index (χ1v) is 6.56. The molecule has 84 valence electrons. The Morgan fingerprint density at radius 1 is 1.60 bits per heavy atom. The summed E-state index contributed by atoms with van der Waals surface area (Å²) in [6, 6.07) is 4.60. The van der Waals surface area contributed by atoms with Gasteiger partial charge in [-0.3, -0.25) is 4.90 Å². The quantitative estimate of drug-likeness (QED) is 0.840. The van der Waals surface area contributed by atoms with E-state index in [-0.39, 0.29) is 0 Å². The molecule has 0 aliphatic carbocycles. The van der Waals surface area contributed by atoms with Crippen LogP contribution in [-0.2, 0) is 6.54 Å². The number of rotatable bonds is 4. The molecule has 0 aromatic carbocycles. The zero-order valence-corrected chi connectivity index (χ0v) is 10.1. The average molecular weight is 226 g/mol. The third kappa shape index (κ3) is 2.56. The molecule has 0 saturated carbocycles. The zero-order valence-electron chi connectivity index (χ0n) is 9.27. The maximum atomic E-state index is 5.36. The molecule has 1 saturated heterocycles. The van der Waals surface area contributed by atoms with E-state index in [9.17, 15) is 0 Å². The van der Waals surface area contributed by atoms with Crippen LogP contribution >= 0.6 is 11.8 Å². The Bertz CT molecular complexity index is 289. The van der Waals surface area contributed by atoms with Gasteiger partial charge in [-0.1, -0.05) is 0 Å². The minimum absolute atomic E-state index is 0.616. The lowest BCUT2D eigenvalue weighted by atomic mass is 10.2. The summed E-state index contributed by atoms with van der Waals surface area (Å²) in [7, 11) is 2.17. The van der Waals surface area contributed by atoms with Crippen molar-refractivity contribution in [2.45, 2.75) is 17.8 Å². The molecular formula is C11H18N2OS. The zero-order chi connectivity index (χ0) is 10.7. The molecule has 3 nitrogen and oxygen atoms in total. The van der Waals surface area contributed by atoms with Crippen LogP contribution in [0.25, 0.3) is 0 Å². The van der Waals surface area contributed by atoms with Crippen LogP contribution in [0.4, 0.5) is 0 Å². The summed E-state index contributed by atoms with van der Waals surface area (Å²) in [5, 5.41) is 4.14. The first-order valence-electron chi connectivity index (χ1n) is 5.27. The fourth-order valence-corrected chi connectivity index (χ4v) is 2.99. The van der Waals surface area contributed by atoms with Crippen molar-refractivity contribution >= 4 is 11.8 Å². The lowest BCUT2D eigenvalue weighted by Gasteiger charge is -2.26. The van der Waals surface area contributed by atoms with Crippen molar-refractivity contribution in [1.82, 2.24) is 10.2 Å². The summed E-state index contributed by atoms with van der Waals surface area (Å²) in [6.45, 7) is 3.10. The number of furan rings is 1. The summed E-state index contributed by atoms with van der Waals surface area (Å²) < 4.78 is 5.36. The maximum Gasteiger partial charge on any atom is 0.117 e. The minimum atomic E-state index is 0.616. The number of hydrogen-bond donors (Lipinski definition) is 1. The maximum absolute atomic E-state index is 5.36. The van der Waals surface area contributed by atoms with Crippen molar-refractivity contribution in [3.8, 4) is 0 Å². The first-order chi connectivity index (χ1) is 7.31. The Balaban J connectivity index is 1.92. The van der Waals surface area contributed by atoms with Gasteiger partial charge in [-0.2, -0.15) is 11.8 Å². The molecule has 0 spiro atoms. The molecule has 2 rings (SSSR count). The van der Waals surface area contributed by atoms with Crippen LogP contribution in [-0.4, -0.2) is 42.6 Å². The topological polar surface area (TPSA) is 28.4 Å². The third-order valence-corrected chi connectivity index (χ3v) is 4.07. The Morgan fingerprint density at radius 2 is 2.47 bits per heavy atom. The van der Waals surface area contributed by atoms with E-state index in [0.29, 0.717) is 11.3 Å². The predicted molar refractivity (Wildman–Crippen MR) is 64.1 cm³/mol. The average Bonchev–Trinajstić information content (AvgIpc) is 2.86. The van der Waals surface area contributed by atoms with E-state index in [1.807, 2.05) is 23.9 Å². The molecular weight excluding hydrogens is 208 g/mol. The fourth-order valence-electron chi connectivity index (χ4n) is 2.09. The monoisotopic (exact) mass is 226 g/mol. The van der Waals surface area contributed by atoms with Crippen LogP contribution in [0.5, 0.6) is 0 Å². The molecule has 0 bridgehead atoms. The van der Waals surface area contributed by atoms with Crippen LogP contribution in [0.15, 0.2) is 22.8 Å². The van der Waals surface area contributed by atoms with Crippen LogP contribution in [0.3, 0.4) is 0 Å². The molecule has 2 heterocycles. The normalized spacial score (nSPS) is 26.3. The second-order valence-corrected chi connectivity index (χ2v) is 5.07. The molecule has 1 fully saturated rings. The van der Waals surface area contributed by atoms with Crippen molar-refractivity contribution in [3.05, 3.63) is 24.2 Å². The van der Waals surface area contributed by atoms with E-state index in [1.165, 1.54) is 0 Å². The molecule has 15 heavy (non-hydrogen) atoms. The van der Waals surface area contributed by atoms with E-state index in [2.05, 4.69) is 23.5 Å². The number of nitrogens with one attached hydrogen (secondary N) is 1. The van der Waals surface area contributed by atoms with Gasteiger partial charge in [0.05, 0.1) is 12.8 Å². The molecule has 1 aliphatic rings. The highest BCUT2D eigenvalue weighted by Crippen LogP contribution is 2.20. The number of thioether (sulfide) groups is 1. The second kappa shape index (κ2) is 5.05. The largest absolute Gasteiger partial charge is 0.468 e. The van der Waals surface area contributed by atoms with E-state index in [4.69, 9.17) is 4.42 Å². The van der Waals surface area contributed by atoms with E-state index in [0.717, 1.165) is 25.4 Å². The summed E-state index contributed by atoms with van der Waals surface area (Å²) >= 11 is 1.95. The van der Waals surface area contributed by atoms with Gasteiger partial charge in [0.1, 0.15) is 5.76 Å². The van der Waals surface area contributed by atoms with Gasteiger partial charge in [-0.15, -0.1) is 0 Å². The molecule has 1 aromatic rings. The Kier molecular flexibility index (Phi) is 3.72. The van der Waals surface area contributed by atoms with Crippen molar-refractivity contribution in [1.29, 1.82) is 0 Å². The van der Waals surface area contributed by atoms with Crippen LogP contribution in [0.2, 0.25) is 0 Å². The van der Waals surface area contributed by atoms with Crippen molar-refractivity contribution < 1.29 is 4.42 Å². The van der Waals surface area contributed by atoms with Crippen molar-refractivity contribution in [2.24, 2.45) is 0 Å². The van der Waals surface area contributed by atoms with E-state index >= 15 is 0 Å². The molecule has 1 N–H and O–H groups in total. The highest BCUT2D eigenvalue weighted by Gasteiger charge is 2.29. The Hall–Kier alpha value is -0.450. The van der Waals surface area contributed by atoms with Gasteiger partial charge < -0.3 is 9.73 Å². The minimum Gasteiger partial charge on any atom is -0.468 e. The molecule has 0 radical (unpaired) electrons. The van der Waals surface area contributed by atoms with Gasteiger partial charge in [-0.25, -0.2) is 0 Å². The van der Waals surface area contributed by atoms with Gasteiger partial charge in [-0.05, 0) is 25.4 Å². The summed E-state index contributed by atoms with van der Waals surface area (Å²) in [5.74, 6) is 1.05. The first kappa shape index (κ1) is 11.0. The Labute approximate surface area is 95.2 Å². The molecule has 1 aromatic heterocycles. The van der Waals surface area contributed by atoms with Gasteiger partial charge in [0.15, 0.2) is 0 Å².